The number of rotatable bonds is 6. The van der Waals surface area contributed by atoms with Crippen molar-refractivity contribution in [1.82, 2.24) is 14.7 Å². The molecule has 4 rings (SSSR count). The molecule has 1 aliphatic heterocycles. The van der Waals surface area contributed by atoms with Gasteiger partial charge >= 0.3 is 0 Å². The van der Waals surface area contributed by atoms with E-state index in [4.69, 9.17) is 4.74 Å². The van der Waals surface area contributed by atoms with Gasteiger partial charge in [-0.15, -0.1) is 0 Å². The molecule has 0 radical (unpaired) electrons. The predicted octanol–water partition coefficient (Wildman–Crippen LogP) is 3.06. The van der Waals surface area contributed by atoms with Gasteiger partial charge in [0.1, 0.15) is 0 Å². The summed E-state index contributed by atoms with van der Waals surface area (Å²) in [5.74, 6) is 0.729. The first-order valence-corrected chi connectivity index (χ1v) is 9.61. The standard InChI is InChI=1S/C21H27N3O2/c1-15-20(16(2)24(22-15)19-6-4-3-5-7-19)12-21(25)23(18-8-9-18)13-17-10-11-26-14-17/h3-7,17-18H,8-14H2,1-2H3. The van der Waals surface area contributed by atoms with Crippen LogP contribution in [0.5, 0.6) is 0 Å². The number of nitrogens with zero attached hydrogens (tertiary/aromatic N) is 3. The number of hydrogen-bond acceptors (Lipinski definition) is 3. The van der Waals surface area contributed by atoms with Gasteiger partial charge in [0.25, 0.3) is 0 Å². The maximum Gasteiger partial charge on any atom is 0.227 e. The van der Waals surface area contributed by atoms with Gasteiger partial charge in [-0.05, 0) is 45.2 Å². The maximum atomic E-state index is 13.1. The summed E-state index contributed by atoms with van der Waals surface area (Å²) in [6, 6.07) is 10.5. The lowest BCUT2D eigenvalue weighted by Gasteiger charge is -2.25. The third-order valence-electron chi connectivity index (χ3n) is 5.56. The van der Waals surface area contributed by atoms with Gasteiger partial charge in [0, 0.05) is 36.4 Å². The van der Waals surface area contributed by atoms with Gasteiger partial charge in [0.15, 0.2) is 0 Å². The van der Waals surface area contributed by atoms with Gasteiger partial charge in [0.2, 0.25) is 5.91 Å². The van der Waals surface area contributed by atoms with Crippen molar-refractivity contribution in [3.8, 4) is 5.69 Å². The van der Waals surface area contributed by atoms with Crippen molar-refractivity contribution in [2.24, 2.45) is 5.92 Å². The Labute approximate surface area is 154 Å². The molecular formula is C21H27N3O2. The fourth-order valence-electron chi connectivity index (χ4n) is 3.85. The average molecular weight is 353 g/mol. The van der Waals surface area contributed by atoms with E-state index in [9.17, 15) is 4.79 Å². The Hall–Kier alpha value is -2.14. The van der Waals surface area contributed by atoms with E-state index in [-0.39, 0.29) is 5.91 Å². The molecule has 1 atom stereocenters. The third-order valence-corrected chi connectivity index (χ3v) is 5.56. The van der Waals surface area contributed by atoms with Crippen LogP contribution < -0.4 is 0 Å². The number of aryl methyl sites for hydroxylation is 1. The second-order valence-electron chi connectivity index (χ2n) is 7.58. The minimum absolute atomic E-state index is 0.234. The number of aromatic nitrogens is 2. The molecule has 0 N–H and O–H groups in total. The monoisotopic (exact) mass is 353 g/mol. The zero-order valence-corrected chi connectivity index (χ0v) is 15.6. The molecule has 2 aliphatic rings. The Morgan fingerprint density at radius 1 is 1.23 bits per heavy atom. The van der Waals surface area contributed by atoms with Gasteiger partial charge < -0.3 is 9.64 Å². The fourth-order valence-corrected chi connectivity index (χ4v) is 3.85. The molecule has 5 heteroatoms. The lowest BCUT2D eigenvalue weighted by molar-refractivity contribution is -0.131. The van der Waals surface area contributed by atoms with E-state index in [0.29, 0.717) is 18.4 Å². The van der Waals surface area contributed by atoms with E-state index in [1.165, 1.54) is 0 Å². The molecule has 0 bridgehead atoms. The highest BCUT2D eigenvalue weighted by atomic mass is 16.5. The highest BCUT2D eigenvalue weighted by Gasteiger charge is 2.35. The van der Waals surface area contributed by atoms with Gasteiger partial charge in [-0.3, -0.25) is 4.79 Å². The van der Waals surface area contributed by atoms with E-state index in [2.05, 4.69) is 16.9 Å². The molecule has 1 aromatic carbocycles. The number of carbonyl (C=O) groups excluding carboxylic acids is 1. The molecule has 1 saturated heterocycles. The minimum atomic E-state index is 0.234. The summed E-state index contributed by atoms with van der Waals surface area (Å²) in [5.41, 5.74) is 4.10. The normalized spacial score (nSPS) is 19.7. The molecular weight excluding hydrogens is 326 g/mol. The Bertz CT molecular complexity index is 774. The Morgan fingerprint density at radius 3 is 2.65 bits per heavy atom. The van der Waals surface area contributed by atoms with Crippen LogP contribution in [0.2, 0.25) is 0 Å². The van der Waals surface area contributed by atoms with Gasteiger partial charge in [-0.25, -0.2) is 4.68 Å². The van der Waals surface area contributed by atoms with Crippen molar-refractivity contribution in [2.45, 2.75) is 45.6 Å². The first-order valence-electron chi connectivity index (χ1n) is 9.61. The highest BCUT2D eigenvalue weighted by molar-refractivity contribution is 5.80. The number of benzene rings is 1. The van der Waals surface area contributed by atoms with Crippen molar-refractivity contribution in [1.29, 1.82) is 0 Å². The molecule has 1 saturated carbocycles. The smallest absolute Gasteiger partial charge is 0.227 e. The maximum absolute atomic E-state index is 13.1. The molecule has 5 nitrogen and oxygen atoms in total. The molecule has 1 amide bonds. The second kappa shape index (κ2) is 7.23. The first-order chi connectivity index (χ1) is 12.6. The molecule has 0 spiro atoms. The van der Waals surface area contributed by atoms with E-state index >= 15 is 0 Å². The first kappa shape index (κ1) is 17.3. The molecule has 2 aromatic rings. The highest BCUT2D eigenvalue weighted by Crippen LogP contribution is 2.30. The van der Waals surface area contributed by atoms with Crippen molar-refractivity contribution < 1.29 is 9.53 Å². The van der Waals surface area contributed by atoms with Crippen LogP contribution in [0, 0.1) is 19.8 Å². The zero-order valence-electron chi connectivity index (χ0n) is 15.6. The van der Waals surface area contributed by atoms with E-state index in [0.717, 1.165) is 61.7 Å². The van der Waals surface area contributed by atoms with Crippen LogP contribution in [0.4, 0.5) is 0 Å². The van der Waals surface area contributed by atoms with Gasteiger partial charge in [-0.1, -0.05) is 18.2 Å². The number of ether oxygens (including phenoxy) is 1. The molecule has 138 valence electrons. The summed E-state index contributed by atoms with van der Waals surface area (Å²) in [7, 11) is 0. The van der Waals surface area contributed by atoms with Crippen LogP contribution in [-0.4, -0.2) is 46.4 Å². The summed E-state index contributed by atoms with van der Waals surface area (Å²) in [6.07, 6.45) is 3.79. The summed E-state index contributed by atoms with van der Waals surface area (Å²) in [5, 5.41) is 4.68. The van der Waals surface area contributed by atoms with Crippen LogP contribution in [0.3, 0.4) is 0 Å². The zero-order chi connectivity index (χ0) is 18.1. The second-order valence-corrected chi connectivity index (χ2v) is 7.58. The van der Waals surface area contributed by atoms with Crippen molar-refractivity contribution >= 4 is 5.91 Å². The minimum Gasteiger partial charge on any atom is -0.381 e. The molecule has 2 fully saturated rings. The summed E-state index contributed by atoms with van der Waals surface area (Å²) in [6.45, 7) is 6.53. The molecule has 1 aliphatic carbocycles. The van der Waals surface area contributed by atoms with E-state index in [1.807, 2.05) is 41.9 Å². The third kappa shape index (κ3) is 3.54. The largest absolute Gasteiger partial charge is 0.381 e. The number of hydrogen-bond donors (Lipinski definition) is 0. The summed E-state index contributed by atoms with van der Waals surface area (Å²) >= 11 is 0. The SMILES string of the molecule is Cc1nn(-c2ccccc2)c(C)c1CC(=O)N(CC1CCOC1)C1CC1. The van der Waals surface area contributed by atoms with Gasteiger partial charge in [-0.2, -0.15) is 5.10 Å². The van der Waals surface area contributed by atoms with Crippen molar-refractivity contribution in [2.75, 3.05) is 19.8 Å². The Balaban J connectivity index is 1.52. The predicted molar refractivity (Wildman–Crippen MR) is 100 cm³/mol. The van der Waals surface area contributed by atoms with Crippen molar-refractivity contribution in [3.63, 3.8) is 0 Å². The number of para-hydroxylation sites is 1. The van der Waals surface area contributed by atoms with Gasteiger partial charge in [0.05, 0.1) is 24.4 Å². The summed E-state index contributed by atoms with van der Waals surface area (Å²) < 4.78 is 7.44. The molecule has 2 heterocycles. The van der Waals surface area contributed by atoms with Crippen molar-refractivity contribution in [3.05, 3.63) is 47.3 Å². The lowest BCUT2D eigenvalue weighted by atomic mass is 10.1. The molecule has 1 aromatic heterocycles. The molecule has 1 unspecified atom stereocenters. The fraction of sp³-hybridized carbons (Fsp3) is 0.524. The Kier molecular flexibility index (Phi) is 4.81. The number of amides is 1. The van der Waals surface area contributed by atoms with E-state index < -0.39 is 0 Å². The number of carbonyl (C=O) groups is 1. The van der Waals surface area contributed by atoms with Crippen LogP contribution >= 0.6 is 0 Å². The Morgan fingerprint density at radius 2 is 2.00 bits per heavy atom. The van der Waals surface area contributed by atoms with Crippen LogP contribution in [0.25, 0.3) is 5.69 Å². The van der Waals surface area contributed by atoms with Crippen LogP contribution in [0.1, 0.15) is 36.2 Å². The summed E-state index contributed by atoms with van der Waals surface area (Å²) in [4.78, 5) is 15.2. The topological polar surface area (TPSA) is 47.4 Å². The lowest BCUT2D eigenvalue weighted by Crippen LogP contribution is -2.38. The van der Waals surface area contributed by atoms with Crippen LogP contribution in [0.15, 0.2) is 30.3 Å². The average Bonchev–Trinajstić information content (AvgIpc) is 3.29. The van der Waals surface area contributed by atoms with E-state index in [1.54, 1.807) is 0 Å². The molecule has 26 heavy (non-hydrogen) atoms. The quantitative estimate of drug-likeness (QED) is 0.802. The van der Waals surface area contributed by atoms with Crippen LogP contribution in [-0.2, 0) is 16.0 Å².